The fraction of sp³-hybridized carbons (Fsp3) is 0.0556. The number of hydrogen-bond acceptors (Lipinski definition) is 4. The van der Waals surface area contributed by atoms with Crippen molar-refractivity contribution in [1.82, 2.24) is 4.57 Å². The van der Waals surface area contributed by atoms with Gasteiger partial charge in [0.05, 0.1) is 24.3 Å². The molecule has 3 rings (SSSR count). The number of benzene rings is 2. The Balaban J connectivity index is 2.33. The number of carbonyl (C=O) groups is 1. The maximum atomic E-state index is 12.7. The van der Waals surface area contributed by atoms with Crippen molar-refractivity contribution in [1.29, 1.82) is 5.26 Å². The van der Waals surface area contributed by atoms with Gasteiger partial charge in [-0.25, -0.2) is 4.79 Å². The predicted octanol–water partition coefficient (Wildman–Crippen LogP) is 2.65. The average molecular weight is 304 g/mol. The molecule has 5 heteroatoms. The van der Waals surface area contributed by atoms with Crippen molar-refractivity contribution in [3.05, 3.63) is 76.2 Å². The zero-order chi connectivity index (χ0) is 16.4. The lowest BCUT2D eigenvalue weighted by molar-refractivity contribution is 0.0602. The Labute approximate surface area is 132 Å². The molecule has 3 aromatic rings. The number of pyridine rings is 1. The number of carbonyl (C=O) groups excluding carboxylic acids is 1. The summed E-state index contributed by atoms with van der Waals surface area (Å²) in [6.07, 6.45) is 1.47. The highest BCUT2D eigenvalue weighted by molar-refractivity contribution is 6.04. The first kappa shape index (κ1) is 14.5. The molecule has 0 aliphatic carbocycles. The van der Waals surface area contributed by atoms with E-state index in [4.69, 9.17) is 10.00 Å². The zero-order valence-corrected chi connectivity index (χ0v) is 12.3. The lowest BCUT2D eigenvalue weighted by Gasteiger charge is -2.11. The van der Waals surface area contributed by atoms with Gasteiger partial charge in [-0.05, 0) is 30.3 Å². The molecule has 0 saturated heterocycles. The first-order valence-corrected chi connectivity index (χ1v) is 6.89. The second kappa shape index (κ2) is 5.78. The van der Waals surface area contributed by atoms with Crippen molar-refractivity contribution in [2.45, 2.75) is 0 Å². The molecule has 0 saturated carbocycles. The van der Waals surface area contributed by atoms with Crippen molar-refractivity contribution >= 4 is 16.7 Å². The number of rotatable bonds is 2. The molecule has 0 fully saturated rings. The first-order chi connectivity index (χ1) is 11.2. The third-order valence-electron chi connectivity index (χ3n) is 3.60. The van der Waals surface area contributed by atoms with Crippen molar-refractivity contribution in [2.24, 2.45) is 0 Å². The Kier molecular flexibility index (Phi) is 3.65. The van der Waals surface area contributed by atoms with Crippen LogP contribution in [0.15, 0.2) is 59.5 Å². The van der Waals surface area contributed by atoms with Crippen LogP contribution < -0.4 is 5.56 Å². The number of nitrogens with zero attached hydrogens (tertiary/aromatic N) is 2. The average Bonchev–Trinajstić information content (AvgIpc) is 2.62. The minimum absolute atomic E-state index is 0.238. The van der Waals surface area contributed by atoms with Crippen molar-refractivity contribution < 1.29 is 9.53 Å². The van der Waals surface area contributed by atoms with E-state index in [1.54, 1.807) is 48.5 Å². The van der Waals surface area contributed by atoms with Crippen LogP contribution in [0.1, 0.15) is 15.9 Å². The molecule has 0 radical (unpaired) electrons. The number of methoxy groups -OCH3 is 1. The fourth-order valence-electron chi connectivity index (χ4n) is 2.45. The molecule has 0 spiro atoms. The monoisotopic (exact) mass is 304 g/mol. The summed E-state index contributed by atoms with van der Waals surface area (Å²) in [5.41, 5.74) is 1.14. The summed E-state index contributed by atoms with van der Waals surface area (Å²) in [4.78, 5) is 24.7. The van der Waals surface area contributed by atoms with Gasteiger partial charge in [0.1, 0.15) is 0 Å². The highest BCUT2D eigenvalue weighted by Crippen LogP contribution is 2.18. The normalized spacial score (nSPS) is 10.3. The molecule has 112 valence electrons. The van der Waals surface area contributed by atoms with E-state index in [2.05, 4.69) is 0 Å². The Bertz CT molecular complexity index is 995. The zero-order valence-electron chi connectivity index (χ0n) is 12.3. The van der Waals surface area contributed by atoms with E-state index in [-0.39, 0.29) is 5.56 Å². The molecule has 0 amide bonds. The summed E-state index contributed by atoms with van der Waals surface area (Å²) < 4.78 is 6.20. The van der Waals surface area contributed by atoms with Gasteiger partial charge in [0, 0.05) is 22.7 Å². The molecule has 0 unspecified atom stereocenters. The maximum Gasteiger partial charge on any atom is 0.340 e. The minimum atomic E-state index is -0.511. The van der Waals surface area contributed by atoms with Crippen molar-refractivity contribution in [3.8, 4) is 11.8 Å². The maximum absolute atomic E-state index is 12.7. The molecule has 2 aromatic carbocycles. The number of hydrogen-bond donors (Lipinski definition) is 0. The van der Waals surface area contributed by atoms with E-state index in [9.17, 15) is 9.59 Å². The van der Waals surface area contributed by atoms with Crippen LogP contribution in [0.25, 0.3) is 16.5 Å². The van der Waals surface area contributed by atoms with Crippen LogP contribution in [-0.2, 0) is 4.74 Å². The fourth-order valence-corrected chi connectivity index (χ4v) is 2.45. The third-order valence-corrected chi connectivity index (χ3v) is 3.60. The van der Waals surface area contributed by atoms with Gasteiger partial charge in [-0.3, -0.25) is 9.36 Å². The Morgan fingerprint density at radius 1 is 1.09 bits per heavy atom. The van der Waals surface area contributed by atoms with E-state index >= 15 is 0 Å². The van der Waals surface area contributed by atoms with Crippen LogP contribution in [0.5, 0.6) is 0 Å². The van der Waals surface area contributed by atoms with Gasteiger partial charge in [0.25, 0.3) is 5.56 Å². The number of esters is 1. The van der Waals surface area contributed by atoms with E-state index in [0.717, 1.165) is 0 Å². The second-order valence-electron chi connectivity index (χ2n) is 4.91. The van der Waals surface area contributed by atoms with Gasteiger partial charge in [-0.15, -0.1) is 0 Å². The smallest absolute Gasteiger partial charge is 0.340 e. The Hall–Kier alpha value is -3.39. The molecule has 0 aliphatic heterocycles. The predicted molar refractivity (Wildman–Crippen MR) is 85.6 cm³/mol. The minimum Gasteiger partial charge on any atom is -0.465 e. The molecule has 1 aromatic heterocycles. The van der Waals surface area contributed by atoms with E-state index < -0.39 is 5.97 Å². The summed E-state index contributed by atoms with van der Waals surface area (Å²) in [5.74, 6) is -0.511. The van der Waals surface area contributed by atoms with Crippen LogP contribution in [0.2, 0.25) is 0 Å². The van der Waals surface area contributed by atoms with Crippen LogP contribution in [0.4, 0.5) is 0 Å². The number of fused-ring (bicyclic) bond motifs is 1. The van der Waals surface area contributed by atoms with Crippen molar-refractivity contribution in [2.75, 3.05) is 7.11 Å². The molecule has 0 N–H and O–H groups in total. The van der Waals surface area contributed by atoms with Gasteiger partial charge >= 0.3 is 5.97 Å². The molecule has 1 heterocycles. The molecule has 23 heavy (non-hydrogen) atoms. The summed E-state index contributed by atoms with van der Waals surface area (Å²) in [6.45, 7) is 0. The van der Waals surface area contributed by atoms with Gasteiger partial charge < -0.3 is 4.74 Å². The van der Waals surface area contributed by atoms with E-state index in [0.29, 0.717) is 27.6 Å². The van der Waals surface area contributed by atoms with E-state index in [1.165, 1.54) is 17.9 Å². The summed E-state index contributed by atoms with van der Waals surface area (Å²) >= 11 is 0. The van der Waals surface area contributed by atoms with Crippen LogP contribution >= 0.6 is 0 Å². The van der Waals surface area contributed by atoms with Gasteiger partial charge in [-0.2, -0.15) is 5.26 Å². The number of nitriles is 1. The van der Waals surface area contributed by atoms with Crippen LogP contribution in [-0.4, -0.2) is 17.6 Å². The molecule has 5 nitrogen and oxygen atoms in total. The van der Waals surface area contributed by atoms with Crippen molar-refractivity contribution in [3.63, 3.8) is 0 Å². The summed E-state index contributed by atoms with van der Waals surface area (Å²) in [5, 5.41) is 9.84. The molecular formula is C18H12N2O3. The second-order valence-corrected chi connectivity index (χ2v) is 4.91. The van der Waals surface area contributed by atoms with Crippen LogP contribution in [0, 0.1) is 11.3 Å². The third kappa shape index (κ3) is 2.47. The largest absolute Gasteiger partial charge is 0.465 e. The SMILES string of the molecule is COC(=O)c1cn(-c2ccc(C#N)cc2)c(=O)c2ccccc12. The van der Waals surface area contributed by atoms with E-state index in [1.807, 2.05) is 6.07 Å². The Morgan fingerprint density at radius 2 is 1.74 bits per heavy atom. The Morgan fingerprint density at radius 3 is 2.35 bits per heavy atom. The first-order valence-electron chi connectivity index (χ1n) is 6.89. The van der Waals surface area contributed by atoms with Crippen LogP contribution in [0.3, 0.4) is 0 Å². The lowest BCUT2D eigenvalue weighted by atomic mass is 10.1. The highest BCUT2D eigenvalue weighted by Gasteiger charge is 2.15. The molecular weight excluding hydrogens is 292 g/mol. The van der Waals surface area contributed by atoms with Gasteiger partial charge in [0.2, 0.25) is 0 Å². The molecule has 0 bridgehead atoms. The number of aromatic nitrogens is 1. The van der Waals surface area contributed by atoms with Gasteiger partial charge in [-0.1, -0.05) is 18.2 Å². The molecule has 0 aliphatic rings. The lowest BCUT2D eigenvalue weighted by Crippen LogP contribution is -2.20. The standard InChI is InChI=1S/C18H12N2O3/c1-23-18(22)16-11-20(13-8-6-12(10-19)7-9-13)17(21)15-5-3-2-4-14(15)16/h2-9,11H,1H3. The summed E-state index contributed by atoms with van der Waals surface area (Å²) in [6, 6.07) is 15.5. The number of ether oxygens (including phenoxy) is 1. The quantitative estimate of drug-likeness (QED) is 0.682. The van der Waals surface area contributed by atoms with Gasteiger partial charge in [0.15, 0.2) is 0 Å². The summed E-state index contributed by atoms with van der Waals surface area (Å²) in [7, 11) is 1.30. The topological polar surface area (TPSA) is 72.1 Å². The molecule has 0 atom stereocenters. The highest BCUT2D eigenvalue weighted by atomic mass is 16.5.